The SMILES string of the molecule is CCCN1CCC(O)(c2cc(F)cc(F)c2)C1. The fourth-order valence-electron chi connectivity index (χ4n) is 2.44. The molecule has 1 heterocycles. The molecule has 0 aromatic heterocycles. The lowest BCUT2D eigenvalue weighted by Crippen LogP contribution is -2.31. The van der Waals surface area contributed by atoms with Gasteiger partial charge in [-0.15, -0.1) is 0 Å². The van der Waals surface area contributed by atoms with Crippen LogP contribution in [0, 0.1) is 11.6 Å². The van der Waals surface area contributed by atoms with Crippen molar-refractivity contribution in [3.05, 3.63) is 35.4 Å². The predicted octanol–water partition coefficient (Wildman–Crippen LogP) is 2.27. The van der Waals surface area contributed by atoms with Gasteiger partial charge in [-0.25, -0.2) is 8.78 Å². The number of benzene rings is 1. The van der Waals surface area contributed by atoms with Gasteiger partial charge in [0.25, 0.3) is 0 Å². The summed E-state index contributed by atoms with van der Waals surface area (Å²) >= 11 is 0. The molecule has 1 N–H and O–H groups in total. The van der Waals surface area contributed by atoms with Gasteiger partial charge in [0.15, 0.2) is 0 Å². The average Bonchev–Trinajstić information content (AvgIpc) is 2.61. The second kappa shape index (κ2) is 4.70. The molecule has 0 bridgehead atoms. The molecule has 1 aliphatic heterocycles. The van der Waals surface area contributed by atoms with E-state index in [2.05, 4.69) is 11.8 Å². The van der Waals surface area contributed by atoms with Crippen LogP contribution in [0.1, 0.15) is 25.3 Å². The molecule has 0 amide bonds. The van der Waals surface area contributed by atoms with Crippen molar-refractivity contribution in [1.29, 1.82) is 0 Å². The highest BCUT2D eigenvalue weighted by molar-refractivity contribution is 5.26. The van der Waals surface area contributed by atoms with Gasteiger partial charge in [-0.1, -0.05) is 6.92 Å². The van der Waals surface area contributed by atoms with Gasteiger partial charge in [-0.3, -0.25) is 0 Å². The minimum Gasteiger partial charge on any atom is -0.384 e. The highest BCUT2D eigenvalue weighted by Gasteiger charge is 2.37. The first-order valence-electron chi connectivity index (χ1n) is 5.95. The van der Waals surface area contributed by atoms with E-state index in [-0.39, 0.29) is 0 Å². The van der Waals surface area contributed by atoms with Crippen LogP contribution >= 0.6 is 0 Å². The van der Waals surface area contributed by atoms with Crippen LogP contribution in [0.2, 0.25) is 0 Å². The number of aliphatic hydroxyl groups is 1. The van der Waals surface area contributed by atoms with Gasteiger partial charge in [-0.2, -0.15) is 0 Å². The normalized spacial score (nSPS) is 25.4. The molecular formula is C13H17F2NO. The van der Waals surface area contributed by atoms with Crippen LogP contribution in [0.5, 0.6) is 0 Å². The van der Waals surface area contributed by atoms with Crippen LogP contribution in [0.4, 0.5) is 8.78 Å². The van der Waals surface area contributed by atoms with Crippen LogP contribution < -0.4 is 0 Å². The van der Waals surface area contributed by atoms with Crippen molar-refractivity contribution < 1.29 is 13.9 Å². The topological polar surface area (TPSA) is 23.5 Å². The second-order valence-electron chi connectivity index (χ2n) is 4.72. The molecule has 1 saturated heterocycles. The summed E-state index contributed by atoms with van der Waals surface area (Å²) < 4.78 is 26.3. The van der Waals surface area contributed by atoms with E-state index in [9.17, 15) is 13.9 Å². The fraction of sp³-hybridized carbons (Fsp3) is 0.538. The third-order valence-electron chi connectivity index (χ3n) is 3.27. The molecule has 1 atom stereocenters. The molecule has 4 heteroatoms. The van der Waals surface area contributed by atoms with Crippen molar-refractivity contribution >= 4 is 0 Å². The Balaban J connectivity index is 2.21. The highest BCUT2D eigenvalue weighted by atomic mass is 19.1. The summed E-state index contributed by atoms with van der Waals surface area (Å²) in [7, 11) is 0. The zero-order chi connectivity index (χ0) is 12.5. The Hall–Kier alpha value is -1.00. The summed E-state index contributed by atoms with van der Waals surface area (Å²) in [5.41, 5.74) is -0.772. The molecular weight excluding hydrogens is 224 g/mol. The van der Waals surface area contributed by atoms with E-state index in [4.69, 9.17) is 0 Å². The largest absolute Gasteiger partial charge is 0.384 e. The Labute approximate surface area is 99.9 Å². The molecule has 17 heavy (non-hydrogen) atoms. The lowest BCUT2D eigenvalue weighted by Gasteiger charge is -2.24. The van der Waals surface area contributed by atoms with Crippen molar-refractivity contribution in [2.24, 2.45) is 0 Å². The summed E-state index contributed by atoms with van der Waals surface area (Å²) in [6.45, 7) is 4.19. The molecule has 1 aromatic rings. The maximum Gasteiger partial charge on any atom is 0.126 e. The van der Waals surface area contributed by atoms with Gasteiger partial charge in [0.2, 0.25) is 0 Å². The lowest BCUT2D eigenvalue weighted by molar-refractivity contribution is 0.0455. The molecule has 94 valence electrons. The van der Waals surface area contributed by atoms with Crippen molar-refractivity contribution in [2.45, 2.75) is 25.4 Å². The molecule has 0 aliphatic carbocycles. The predicted molar refractivity (Wildman–Crippen MR) is 61.6 cm³/mol. The summed E-state index contributed by atoms with van der Waals surface area (Å²) in [5.74, 6) is -1.27. The van der Waals surface area contributed by atoms with Crippen LogP contribution in [0.3, 0.4) is 0 Å². The van der Waals surface area contributed by atoms with Gasteiger partial charge >= 0.3 is 0 Å². The zero-order valence-corrected chi connectivity index (χ0v) is 9.92. The summed E-state index contributed by atoms with van der Waals surface area (Å²) in [6, 6.07) is 3.27. The van der Waals surface area contributed by atoms with E-state index in [1.807, 2.05) is 0 Å². The monoisotopic (exact) mass is 241 g/mol. The zero-order valence-electron chi connectivity index (χ0n) is 9.92. The Morgan fingerprint density at radius 1 is 1.29 bits per heavy atom. The van der Waals surface area contributed by atoms with Gasteiger partial charge in [-0.05, 0) is 37.1 Å². The molecule has 0 spiro atoms. The van der Waals surface area contributed by atoms with Crippen LogP contribution in [-0.2, 0) is 5.60 Å². The third-order valence-corrected chi connectivity index (χ3v) is 3.27. The number of rotatable bonds is 3. The van der Waals surface area contributed by atoms with Crippen LogP contribution in [-0.4, -0.2) is 29.6 Å². The molecule has 1 aromatic carbocycles. The number of likely N-dealkylation sites (tertiary alicyclic amines) is 1. The summed E-state index contributed by atoms with van der Waals surface area (Å²) in [6.07, 6.45) is 1.53. The Morgan fingerprint density at radius 2 is 1.94 bits per heavy atom. The average molecular weight is 241 g/mol. The minimum atomic E-state index is -1.11. The van der Waals surface area contributed by atoms with Crippen LogP contribution in [0.15, 0.2) is 18.2 Å². The van der Waals surface area contributed by atoms with E-state index < -0.39 is 17.2 Å². The molecule has 0 saturated carbocycles. The molecule has 1 unspecified atom stereocenters. The Bertz CT molecular complexity index is 390. The third kappa shape index (κ3) is 2.64. The summed E-state index contributed by atoms with van der Waals surface area (Å²) in [5, 5.41) is 10.4. The minimum absolute atomic E-state index is 0.341. The van der Waals surface area contributed by atoms with E-state index in [0.717, 1.165) is 25.6 Å². The lowest BCUT2D eigenvalue weighted by atomic mass is 9.93. The van der Waals surface area contributed by atoms with E-state index in [1.54, 1.807) is 0 Å². The quantitative estimate of drug-likeness (QED) is 0.877. The molecule has 2 rings (SSSR count). The van der Waals surface area contributed by atoms with E-state index >= 15 is 0 Å². The van der Waals surface area contributed by atoms with Gasteiger partial charge in [0, 0.05) is 19.2 Å². The second-order valence-corrected chi connectivity index (χ2v) is 4.72. The first-order valence-corrected chi connectivity index (χ1v) is 5.95. The molecule has 1 aliphatic rings. The smallest absolute Gasteiger partial charge is 0.126 e. The van der Waals surface area contributed by atoms with E-state index in [1.165, 1.54) is 12.1 Å². The van der Waals surface area contributed by atoms with Gasteiger partial charge in [0.05, 0.1) is 0 Å². The van der Waals surface area contributed by atoms with Gasteiger partial charge < -0.3 is 10.0 Å². The maximum atomic E-state index is 13.1. The number of hydrogen-bond donors (Lipinski definition) is 1. The summed E-state index contributed by atoms with van der Waals surface area (Å²) in [4.78, 5) is 2.11. The van der Waals surface area contributed by atoms with Crippen molar-refractivity contribution in [1.82, 2.24) is 4.90 Å². The fourth-order valence-corrected chi connectivity index (χ4v) is 2.44. The van der Waals surface area contributed by atoms with Gasteiger partial charge in [0.1, 0.15) is 17.2 Å². The molecule has 1 fully saturated rings. The van der Waals surface area contributed by atoms with Crippen molar-refractivity contribution in [3.63, 3.8) is 0 Å². The molecule has 2 nitrogen and oxygen atoms in total. The van der Waals surface area contributed by atoms with Crippen molar-refractivity contribution in [3.8, 4) is 0 Å². The Morgan fingerprint density at radius 3 is 2.53 bits per heavy atom. The number of β-amino-alcohol motifs (C(OH)–C–C–N with tert-alkyl or cyclic N) is 1. The van der Waals surface area contributed by atoms with Crippen molar-refractivity contribution in [2.75, 3.05) is 19.6 Å². The molecule has 0 radical (unpaired) electrons. The Kier molecular flexibility index (Phi) is 3.45. The van der Waals surface area contributed by atoms with Crippen LogP contribution in [0.25, 0.3) is 0 Å². The maximum absolute atomic E-state index is 13.1. The first-order chi connectivity index (χ1) is 8.03. The number of hydrogen-bond acceptors (Lipinski definition) is 2. The van der Waals surface area contributed by atoms with E-state index in [0.29, 0.717) is 18.5 Å². The standard InChI is InChI=1S/C13H17F2NO/c1-2-4-16-5-3-13(17,9-16)10-6-11(14)8-12(15)7-10/h6-8,17H,2-5,9H2,1H3. The first kappa shape index (κ1) is 12.5. The number of halogens is 2. The highest BCUT2D eigenvalue weighted by Crippen LogP contribution is 2.32. The number of nitrogens with zero attached hydrogens (tertiary/aromatic N) is 1.